The Balaban J connectivity index is 2.44. The summed E-state index contributed by atoms with van der Waals surface area (Å²) in [5.74, 6) is -1.83. The maximum absolute atomic E-state index is 13.8. The molecule has 0 heterocycles. The fraction of sp³-hybridized carbons (Fsp3) is 0.0769. The Hall–Kier alpha value is -1.70. The molecule has 0 saturated heterocycles. The van der Waals surface area contributed by atoms with Crippen LogP contribution in [0.3, 0.4) is 0 Å². The Morgan fingerprint density at radius 3 is 2.43 bits per heavy atom. The molecule has 0 bridgehead atoms. The maximum Gasteiger partial charge on any atom is 0.264 e. The zero-order valence-corrected chi connectivity index (χ0v) is 12.2. The predicted octanol–water partition coefficient (Wildman–Crippen LogP) is 2.88. The van der Waals surface area contributed by atoms with Crippen molar-refractivity contribution in [3.63, 3.8) is 0 Å². The van der Waals surface area contributed by atoms with E-state index in [-0.39, 0.29) is 11.6 Å². The van der Waals surface area contributed by atoms with Crippen molar-refractivity contribution in [1.29, 1.82) is 0 Å². The van der Waals surface area contributed by atoms with Crippen LogP contribution in [0.1, 0.15) is 5.56 Å². The molecule has 0 unspecified atom stereocenters. The third kappa shape index (κ3) is 3.31. The smallest absolute Gasteiger partial charge is 0.264 e. The summed E-state index contributed by atoms with van der Waals surface area (Å²) in [5, 5.41) is -0.127. The monoisotopic (exact) mass is 332 g/mol. The molecule has 0 atom stereocenters. The summed E-state index contributed by atoms with van der Waals surface area (Å²) in [5.41, 5.74) is 5.35. The fourth-order valence-corrected chi connectivity index (χ4v) is 3.09. The number of nitrogens with one attached hydrogen (secondary N) is 1. The fourth-order valence-electron chi connectivity index (χ4n) is 1.67. The number of sulfonamides is 1. The van der Waals surface area contributed by atoms with Gasteiger partial charge >= 0.3 is 0 Å². The van der Waals surface area contributed by atoms with E-state index in [1.807, 2.05) is 4.72 Å². The van der Waals surface area contributed by atoms with Gasteiger partial charge in [0.25, 0.3) is 10.0 Å². The molecule has 0 amide bonds. The first-order valence-electron chi connectivity index (χ1n) is 5.80. The second kappa shape index (κ2) is 5.97. The van der Waals surface area contributed by atoms with Crippen LogP contribution in [0.25, 0.3) is 0 Å². The lowest BCUT2D eigenvalue weighted by molar-refractivity contribution is 0.568. The third-order valence-corrected chi connectivity index (χ3v) is 4.42. The summed E-state index contributed by atoms with van der Waals surface area (Å²) < 4.78 is 53.6. The van der Waals surface area contributed by atoms with Gasteiger partial charge in [-0.05, 0) is 29.8 Å². The molecule has 0 spiro atoms. The highest BCUT2D eigenvalue weighted by molar-refractivity contribution is 7.92. The quantitative estimate of drug-likeness (QED) is 0.904. The summed E-state index contributed by atoms with van der Waals surface area (Å²) in [4.78, 5) is -0.612. The third-order valence-electron chi connectivity index (χ3n) is 2.72. The first-order chi connectivity index (χ1) is 9.85. The van der Waals surface area contributed by atoms with Crippen molar-refractivity contribution < 1.29 is 17.2 Å². The van der Waals surface area contributed by atoms with Gasteiger partial charge in [0, 0.05) is 6.54 Å². The Labute approximate surface area is 125 Å². The Morgan fingerprint density at radius 1 is 1.14 bits per heavy atom. The van der Waals surface area contributed by atoms with E-state index in [2.05, 4.69) is 0 Å². The molecule has 2 aromatic carbocycles. The molecule has 112 valence electrons. The second-order valence-corrected chi connectivity index (χ2v) is 6.23. The van der Waals surface area contributed by atoms with Crippen molar-refractivity contribution in [3.8, 4) is 0 Å². The molecular formula is C13H11ClF2N2O2S. The molecule has 8 heteroatoms. The normalized spacial score (nSPS) is 11.4. The van der Waals surface area contributed by atoms with E-state index in [1.54, 1.807) is 0 Å². The van der Waals surface area contributed by atoms with Crippen LogP contribution in [0.4, 0.5) is 14.5 Å². The molecule has 21 heavy (non-hydrogen) atoms. The van der Waals surface area contributed by atoms with E-state index in [4.69, 9.17) is 17.3 Å². The topological polar surface area (TPSA) is 72.2 Å². The lowest BCUT2D eigenvalue weighted by Crippen LogP contribution is -2.16. The number of benzene rings is 2. The number of nitrogens with two attached hydrogens (primary N) is 1. The molecule has 2 rings (SSSR count). The number of hydrogen-bond acceptors (Lipinski definition) is 3. The zero-order valence-electron chi connectivity index (χ0n) is 10.6. The Kier molecular flexibility index (Phi) is 4.46. The van der Waals surface area contributed by atoms with E-state index in [1.165, 1.54) is 18.2 Å². The summed E-state index contributed by atoms with van der Waals surface area (Å²) in [6, 6.07) is 7.13. The van der Waals surface area contributed by atoms with Gasteiger partial charge in [0.1, 0.15) is 22.2 Å². The van der Waals surface area contributed by atoms with E-state index in [9.17, 15) is 17.2 Å². The van der Waals surface area contributed by atoms with Crippen molar-refractivity contribution in [3.05, 3.63) is 58.6 Å². The van der Waals surface area contributed by atoms with Crippen LogP contribution in [-0.2, 0) is 16.6 Å². The molecule has 2 aromatic rings. The summed E-state index contributed by atoms with van der Waals surface area (Å²) in [6.45, 7) is 0.0732. The van der Waals surface area contributed by atoms with Crippen molar-refractivity contribution in [1.82, 2.24) is 0 Å². The van der Waals surface area contributed by atoms with Crippen LogP contribution < -0.4 is 10.5 Å². The molecule has 3 N–H and O–H groups in total. The number of hydrogen-bond donors (Lipinski definition) is 2. The zero-order chi connectivity index (χ0) is 15.6. The molecule has 0 fully saturated rings. The molecule has 0 saturated carbocycles. The number of para-hydroxylation sites is 1. The van der Waals surface area contributed by atoms with E-state index >= 15 is 0 Å². The van der Waals surface area contributed by atoms with Crippen molar-refractivity contribution >= 4 is 27.3 Å². The van der Waals surface area contributed by atoms with E-state index < -0.39 is 32.2 Å². The minimum atomic E-state index is -4.30. The predicted molar refractivity (Wildman–Crippen MR) is 76.5 cm³/mol. The van der Waals surface area contributed by atoms with Gasteiger partial charge in [-0.15, -0.1) is 0 Å². The van der Waals surface area contributed by atoms with Crippen molar-refractivity contribution in [2.24, 2.45) is 5.73 Å². The van der Waals surface area contributed by atoms with Gasteiger partial charge in [-0.2, -0.15) is 0 Å². The standard InChI is InChI=1S/C13H11ClF2N2O2S/c14-9-2-1-3-10(15)13(9)18-21(19,20)12-5-4-8(7-17)6-11(12)16/h1-6,18H,7,17H2. The average Bonchev–Trinajstić information content (AvgIpc) is 2.42. The maximum atomic E-state index is 13.8. The van der Waals surface area contributed by atoms with Gasteiger partial charge < -0.3 is 5.73 Å². The van der Waals surface area contributed by atoms with Crippen LogP contribution >= 0.6 is 11.6 Å². The van der Waals surface area contributed by atoms with Crippen LogP contribution in [-0.4, -0.2) is 8.42 Å². The van der Waals surface area contributed by atoms with Gasteiger partial charge in [-0.25, -0.2) is 17.2 Å². The van der Waals surface area contributed by atoms with E-state index in [0.717, 1.165) is 18.2 Å². The number of rotatable bonds is 4. The molecule has 0 aliphatic heterocycles. The highest BCUT2D eigenvalue weighted by Crippen LogP contribution is 2.28. The van der Waals surface area contributed by atoms with Crippen LogP contribution in [0.5, 0.6) is 0 Å². The summed E-state index contributed by atoms with van der Waals surface area (Å²) in [7, 11) is -4.30. The summed E-state index contributed by atoms with van der Waals surface area (Å²) >= 11 is 5.73. The van der Waals surface area contributed by atoms with Gasteiger partial charge in [0.05, 0.1) is 5.02 Å². The van der Waals surface area contributed by atoms with Gasteiger partial charge in [-0.3, -0.25) is 4.72 Å². The first-order valence-corrected chi connectivity index (χ1v) is 7.66. The van der Waals surface area contributed by atoms with Crippen LogP contribution in [0.2, 0.25) is 5.02 Å². The molecule has 0 aromatic heterocycles. The molecule has 0 aliphatic rings. The molecule has 0 radical (unpaired) electrons. The number of anilines is 1. The average molecular weight is 333 g/mol. The lowest BCUT2D eigenvalue weighted by atomic mass is 10.2. The van der Waals surface area contributed by atoms with Crippen molar-refractivity contribution in [2.75, 3.05) is 4.72 Å². The van der Waals surface area contributed by atoms with Crippen LogP contribution in [0, 0.1) is 11.6 Å². The first kappa shape index (κ1) is 15.7. The minimum Gasteiger partial charge on any atom is -0.326 e. The van der Waals surface area contributed by atoms with Crippen molar-refractivity contribution in [2.45, 2.75) is 11.4 Å². The highest BCUT2D eigenvalue weighted by atomic mass is 35.5. The number of halogens is 3. The van der Waals surface area contributed by atoms with Crippen LogP contribution in [0.15, 0.2) is 41.3 Å². The Morgan fingerprint density at radius 2 is 1.86 bits per heavy atom. The van der Waals surface area contributed by atoms with Gasteiger partial charge in [-0.1, -0.05) is 23.7 Å². The Bertz CT molecular complexity index is 761. The minimum absolute atomic E-state index is 0.0732. The molecular weight excluding hydrogens is 322 g/mol. The second-order valence-electron chi connectivity index (χ2n) is 4.17. The molecule has 0 aliphatic carbocycles. The van der Waals surface area contributed by atoms with Gasteiger partial charge in [0.15, 0.2) is 0 Å². The SMILES string of the molecule is NCc1ccc(S(=O)(=O)Nc2c(F)cccc2Cl)c(F)c1. The summed E-state index contributed by atoms with van der Waals surface area (Å²) in [6.07, 6.45) is 0. The van der Waals surface area contributed by atoms with E-state index in [0.29, 0.717) is 5.56 Å². The lowest BCUT2D eigenvalue weighted by Gasteiger charge is -2.11. The highest BCUT2D eigenvalue weighted by Gasteiger charge is 2.22. The van der Waals surface area contributed by atoms with Gasteiger partial charge in [0.2, 0.25) is 0 Å². The largest absolute Gasteiger partial charge is 0.326 e. The molecule has 4 nitrogen and oxygen atoms in total.